The molecule has 64 valence electrons. The second-order valence-corrected chi connectivity index (χ2v) is 3.49. The van der Waals surface area contributed by atoms with E-state index in [-0.39, 0.29) is 0 Å². The van der Waals surface area contributed by atoms with Crippen LogP contribution >= 0.6 is 0 Å². The molecule has 1 nitrogen and oxygen atoms in total. The molecule has 1 aliphatic carbocycles. The third-order valence-corrected chi connectivity index (χ3v) is 2.36. The molecule has 1 fully saturated rings. The summed E-state index contributed by atoms with van der Waals surface area (Å²) in [6.07, 6.45) is 3.98. The van der Waals surface area contributed by atoms with E-state index in [1.807, 2.05) is 6.92 Å². The van der Waals surface area contributed by atoms with Gasteiger partial charge in [-0.25, -0.2) is 0 Å². The fraction of sp³-hybridized carbons (Fsp3) is 0.800. The van der Waals surface area contributed by atoms with E-state index in [4.69, 9.17) is 4.74 Å². The molecular weight excluding hydrogens is 136 g/mol. The Labute approximate surface area is 69.4 Å². The molecule has 0 spiro atoms. The molecule has 2 atom stereocenters. The van der Waals surface area contributed by atoms with Crippen molar-refractivity contribution < 1.29 is 4.74 Å². The predicted octanol–water partition coefficient (Wildman–Crippen LogP) is 2.77. The van der Waals surface area contributed by atoms with Crippen LogP contribution in [0.15, 0.2) is 12.2 Å². The maximum absolute atomic E-state index is 5.54. The Morgan fingerprint density at radius 2 is 2.27 bits per heavy atom. The van der Waals surface area contributed by atoms with Crippen LogP contribution in [0, 0.1) is 5.92 Å². The van der Waals surface area contributed by atoms with Crippen LogP contribution in [0.3, 0.4) is 0 Å². The average Bonchev–Trinajstić information content (AvgIpc) is 1.95. The first-order chi connectivity index (χ1) is 5.24. The molecule has 11 heavy (non-hydrogen) atoms. The van der Waals surface area contributed by atoms with Crippen LogP contribution in [0.5, 0.6) is 0 Å². The van der Waals surface area contributed by atoms with Crippen molar-refractivity contribution in [3.8, 4) is 0 Å². The van der Waals surface area contributed by atoms with Crippen molar-refractivity contribution in [1.29, 1.82) is 0 Å². The summed E-state index contributed by atoms with van der Waals surface area (Å²) < 4.78 is 5.54. The molecule has 0 N–H and O–H groups in total. The van der Waals surface area contributed by atoms with Crippen molar-refractivity contribution in [3.05, 3.63) is 12.2 Å². The Morgan fingerprint density at radius 3 is 2.82 bits per heavy atom. The lowest BCUT2D eigenvalue weighted by Gasteiger charge is -2.28. The van der Waals surface area contributed by atoms with Gasteiger partial charge in [0.05, 0.1) is 6.10 Å². The molecule has 2 unspecified atom stereocenters. The Balaban J connectivity index is 2.38. The maximum Gasteiger partial charge on any atom is 0.0782 e. The van der Waals surface area contributed by atoms with Gasteiger partial charge in [-0.3, -0.25) is 0 Å². The monoisotopic (exact) mass is 154 g/mol. The number of ether oxygens (including phenoxy) is 1. The molecule has 0 aromatic rings. The van der Waals surface area contributed by atoms with Crippen molar-refractivity contribution in [2.75, 3.05) is 6.61 Å². The SMILES string of the molecule is C=C1CC(C)CCC1OCC. The van der Waals surface area contributed by atoms with Gasteiger partial charge in [-0.1, -0.05) is 13.5 Å². The summed E-state index contributed by atoms with van der Waals surface area (Å²) in [5.74, 6) is 0.819. The van der Waals surface area contributed by atoms with Crippen molar-refractivity contribution in [2.45, 2.75) is 39.2 Å². The molecule has 0 heterocycles. The second kappa shape index (κ2) is 3.91. The fourth-order valence-electron chi connectivity index (χ4n) is 1.72. The normalized spacial score (nSPS) is 32.4. The summed E-state index contributed by atoms with van der Waals surface area (Å²) in [5, 5.41) is 0. The maximum atomic E-state index is 5.54. The standard InChI is InChI=1S/C10H18O/c1-4-11-10-6-5-8(2)7-9(10)3/h8,10H,3-7H2,1-2H3. The lowest BCUT2D eigenvalue weighted by atomic mass is 9.85. The van der Waals surface area contributed by atoms with Crippen LogP contribution in [-0.4, -0.2) is 12.7 Å². The van der Waals surface area contributed by atoms with Crippen LogP contribution in [0.1, 0.15) is 33.1 Å². The van der Waals surface area contributed by atoms with Gasteiger partial charge < -0.3 is 4.74 Å². The molecular formula is C10H18O. The third kappa shape index (κ3) is 2.33. The zero-order valence-corrected chi connectivity index (χ0v) is 7.60. The summed E-state index contributed by atoms with van der Waals surface area (Å²) in [6.45, 7) is 9.19. The van der Waals surface area contributed by atoms with Gasteiger partial charge in [0, 0.05) is 6.61 Å². The van der Waals surface area contributed by atoms with Gasteiger partial charge in [-0.15, -0.1) is 0 Å². The highest BCUT2D eigenvalue weighted by molar-refractivity contribution is 5.06. The molecule has 0 radical (unpaired) electrons. The van der Waals surface area contributed by atoms with Gasteiger partial charge >= 0.3 is 0 Å². The Morgan fingerprint density at radius 1 is 1.55 bits per heavy atom. The lowest BCUT2D eigenvalue weighted by molar-refractivity contribution is 0.0635. The molecule has 1 aliphatic rings. The van der Waals surface area contributed by atoms with E-state index < -0.39 is 0 Å². The predicted molar refractivity (Wildman–Crippen MR) is 47.6 cm³/mol. The van der Waals surface area contributed by atoms with Crippen molar-refractivity contribution in [3.63, 3.8) is 0 Å². The third-order valence-electron chi connectivity index (χ3n) is 2.36. The zero-order chi connectivity index (χ0) is 8.27. The molecule has 1 rings (SSSR count). The number of hydrogen-bond acceptors (Lipinski definition) is 1. The van der Waals surface area contributed by atoms with Gasteiger partial charge in [-0.05, 0) is 37.7 Å². The second-order valence-electron chi connectivity index (χ2n) is 3.49. The minimum absolute atomic E-state index is 0.358. The van der Waals surface area contributed by atoms with Crippen LogP contribution in [0.4, 0.5) is 0 Å². The van der Waals surface area contributed by atoms with E-state index in [9.17, 15) is 0 Å². The van der Waals surface area contributed by atoms with Crippen LogP contribution < -0.4 is 0 Å². The van der Waals surface area contributed by atoms with Gasteiger partial charge in [0.15, 0.2) is 0 Å². The first-order valence-electron chi connectivity index (χ1n) is 4.53. The first-order valence-corrected chi connectivity index (χ1v) is 4.53. The molecule has 0 amide bonds. The highest BCUT2D eigenvalue weighted by atomic mass is 16.5. The van der Waals surface area contributed by atoms with E-state index in [2.05, 4.69) is 13.5 Å². The van der Waals surface area contributed by atoms with Crippen molar-refractivity contribution in [1.82, 2.24) is 0 Å². The molecule has 1 saturated carbocycles. The highest BCUT2D eigenvalue weighted by Gasteiger charge is 2.21. The molecule has 1 heteroatoms. The number of hydrogen-bond donors (Lipinski definition) is 0. The van der Waals surface area contributed by atoms with E-state index in [0.717, 1.165) is 18.9 Å². The molecule has 0 aromatic carbocycles. The molecule has 0 aliphatic heterocycles. The van der Waals surface area contributed by atoms with Crippen molar-refractivity contribution in [2.24, 2.45) is 5.92 Å². The Bertz CT molecular complexity index is 140. The molecule has 0 aromatic heterocycles. The Kier molecular flexibility index (Phi) is 3.13. The van der Waals surface area contributed by atoms with Crippen LogP contribution in [0.2, 0.25) is 0 Å². The minimum Gasteiger partial charge on any atom is -0.374 e. The van der Waals surface area contributed by atoms with Crippen LogP contribution in [0.25, 0.3) is 0 Å². The smallest absolute Gasteiger partial charge is 0.0782 e. The van der Waals surface area contributed by atoms with Gasteiger partial charge in [-0.2, -0.15) is 0 Å². The highest BCUT2D eigenvalue weighted by Crippen LogP contribution is 2.28. The summed E-state index contributed by atoms with van der Waals surface area (Å²) in [6, 6.07) is 0. The lowest BCUT2D eigenvalue weighted by Crippen LogP contribution is -2.22. The topological polar surface area (TPSA) is 9.23 Å². The fourth-order valence-corrected chi connectivity index (χ4v) is 1.72. The minimum atomic E-state index is 0.358. The van der Waals surface area contributed by atoms with Gasteiger partial charge in [0.2, 0.25) is 0 Å². The molecule has 0 bridgehead atoms. The number of rotatable bonds is 2. The quantitative estimate of drug-likeness (QED) is 0.556. The van der Waals surface area contributed by atoms with E-state index in [1.54, 1.807) is 0 Å². The van der Waals surface area contributed by atoms with E-state index in [0.29, 0.717) is 6.10 Å². The van der Waals surface area contributed by atoms with Gasteiger partial charge in [0.25, 0.3) is 0 Å². The van der Waals surface area contributed by atoms with Gasteiger partial charge in [0.1, 0.15) is 0 Å². The summed E-state index contributed by atoms with van der Waals surface area (Å²) in [7, 11) is 0. The van der Waals surface area contributed by atoms with E-state index in [1.165, 1.54) is 18.4 Å². The summed E-state index contributed by atoms with van der Waals surface area (Å²) in [5.41, 5.74) is 1.30. The van der Waals surface area contributed by atoms with Crippen LogP contribution in [-0.2, 0) is 4.74 Å². The summed E-state index contributed by atoms with van der Waals surface area (Å²) >= 11 is 0. The largest absolute Gasteiger partial charge is 0.374 e. The first kappa shape index (κ1) is 8.79. The zero-order valence-electron chi connectivity index (χ0n) is 7.60. The Hall–Kier alpha value is -0.300. The van der Waals surface area contributed by atoms with E-state index >= 15 is 0 Å². The molecule has 0 saturated heterocycles. The van der Waals surface area contributed by atoms with Crippen molar-refractivity contribution >= 4 is 0 Å². The summed E-state index contributed by atoms with van der Waals surface area (Å²) in [4.78, 5) is 0. The average molecular weight is 154 g/mol.